The zero-order valence-corrected chi connectivity index (χ0v) is 19.1. The van der Waals surface area contributed by atoms with Gasteiger partial charge in [-0.25, -0.2) is 0 Å². The molecule has 2 aromatic heterocycles. The molecule has 1 amide bonds. The van der Waals surface area contributed by atoms with Crippen LogP contribution in [-0.4, -0.2) is 56.6 Å². The van der Waals surface area contributed by atoms with Gasteiger partial charge in [0.25, 0.3) is 5.91 Å². The minimum absolute atomic E-state index is 0.0155. The summed E-state index contributed by atoms with van der Waals surface area (Å²) >= 11 is 0. The standard InChI is InChI=1S/C25H37N5O/c1-19(2)23-14-24(28-27-23)25(31)30(16-20-8-6-12-26-15-20)18-21-9-7-13-29(17-21)22-10-4-3-5-11-22/h6,8,12,14-15,19,21-22H,3-5,7,9-11,13,16-18H2,1-2H3,(H,27,28)/t21-/m0/s1. The molecule has 0 unspecified atom stereocenters. The van der Waals surface area contributed by atoms with Crippen LogP contribution in [0.1, 0.15) is 86.5 Å². The molecule has 1 saturated heterocycles. The van der Waals surface area contributed by atoms with E-state index >= 15 is 0 Å². The zero-order chi connectivity index (χ0) is 21.6. The Bertz CT molecular complexity index is 827. The second-order valence-corrected chi connectivity index (χ2v) is 9.71. The van der Waals surface area contributed by atoms with Crippen molar-refractivity contribution in [1.82, 2.24) is 25.0 Å². The highest BCUT2D eigenvalue weighted by Crippen LogP contribution is 2.28. The van der Waals surface area contributed by atoms with Gasteiger partial charge in [0.05, 0.1) is 0 Å². The topological polar surface area (TPSA) is 65.1 Å². The minimum atomic E-state index is 0.0155. The summed E-state index contributed by atoms with van der Waals surface area (Å²) in [5.41, 5.74) is 2.59. The molecule has 0 spiro atoms. The third kappa shape index (κ3) is 5.73. The first-order valence-corrected chi connectivity index (χ1v) is 12.1. The van der Waals surface area contributed by atoms with Gasteiger partial charge in [0.1, 0.15) is 5.69 Å². The lowest BCUT2D eigenvalue weighted by atomic mass is 9.90. The predicted octanol–water partition coefficient (Wildman–Crippen LogP) is 4.62. The number of hydrogen-bond acceptors (Lipinski definition) is 4. The Morgan fingerprint density at radius 2 is 2.06 bits per heavy atom. The zero-order valence-electron chi connectivity index (χ0n) is 19.1. The highest BCUT2D eigenvalue weighted by molar-refractivity contribution is 5.92. The minimum Gasteiger partial charge on any atom is -0.333 e. The van der Waals surface area contributed by atoms with Crippen molar-refractivity contribution in [2.24, 2.45) is 5.92 Å². The maximum atomic E-state index is 13.5. The van der Waals surface area contributed by atoms with E-state index in [0.717, 1.165) is 30.4 Å². The van der Waals surface area contributed by atoms with Gasteiger partial charge >= 0.3 is 0 Å². The van der Waals surface area contributed by atoms with E-state index in [1.807, 2.05) is 29.3 Å². The van der Waals surface area contributed by atoms with Crippen molar-refractivity contribution in [3.8, 4) is 0 Å². The van der Waals surface area contributed by atoms with Crippen molar-refractivity contribution >= 4 is 5.91 Å². The summed E-state index contributed by atoms with van der Waals surface area (Å²) in [5, 5.41) is 7.38. The maximum Gasteiger partial charge on any atom is 0.274 e. The summed E-state index contributed by atoms with van der Waals surface area (Å²) in [6, 6.07) is 6.65. The smallest absolute Gasteiger partial charge is 0.274 e. The predicted molar refractivity (Wildman–Crippen MR) is 123 cm³/mol. The van der Waals surface area contributed by atoms with E-state index < -0.39 is 0 Å². The molecule has 1 N–H and O–H groups in total. The summed E-state index contributed by atoms with van der Waals surface area (Å²) < 4.78 is 0. The van der Waals surface area contributed by atoms with Crippen LogP contribution in [0.5, 0.6) is 0 Å². The summed E-state index contributed by atoms with van der Waals surface area (Å²) in [6.07, 6.45) is 12.9. The van der Waals surface area contributed by atoms with Gasteiger partial charge in [0, 0.05) is 43.8 Å². The van der Waals surface area contributed by atoms with Crippen LogP contribution in [0.2, 0.25) is 0 Å². The number of piperidine rings is 1. The number of carbonyl (C=O) groups excluding carboxylic acids is 1. The molecule has 168 valence electrons. The summed E-state index contributed by atoms with van der Waals surface area (Å²) in [7, 11) is 0. The summed E-state index contributed by atoms with van der Waals surface area (Å²) in [6.45, 7) is 7.90. The van der Waals surface area contributed by atoms with Gasteiger partial charge in [0.15, 0.2) is 0 Å². The number of H-pyrrole nitrogens is 1. The highest BCUT2D eigenvalue weighted by Gasteiger charge is 2.30. The van der Waals surface area contributed by atoms with Crippen LogP contribution < -0.4 is 0 Å². The molecule has 2 fully saturated rings. The molecule has 1 saturated carbocycles. The third-order valence-electron chi connectivity index (χ3n) is 6.94. The number of aromatic amines is 1. The fraction of sp³-hybridized carbons (Fsp3) is 0.640. The summed E-state index contributed by atoms with van der Waals surface area (Å²) in [5.74, 6) is 0.852. The van der Waals surface area contributed by atoms with Crippen molar-refractivity contribution in [1.29, 1.82) is 0 Å². The van der Waals surface area contributed by atoms with Crippen LogP contribution in [0.4, 0.5) is 0 Å². The highest BCUT2D eigenvalue weighted by atomic mass is 16.2. The molecule has 6 nitrogen and oxygen atoms in total. The lowest BCUT2D eigenvalue weighted by Gasteiger charge is -2.41. The molecule has 0 bridgehead atoms. The number of aromatic nitrogens is 3. The maximum absolute atomic E-state index is 13.5. The molecule has 1 atom stereocenters. The Balaban J connectivity index is 1.47. The molecule has 1 aliphatic heterocycles. The van der Waals surface area contributed by atoms with E-state index in [4.69, 9.17) is 0 Å². The van der Waals surface area contributed by atoms with E-state index in [-0.39, 0.29) is 5.91 Å². The molecule has 2 aromatic rings. The second-order valence-electron chi connectivity index (χ2n) is 9.71. The SMILES string of the molecule is CC(C)c1cc(C(=O)N(Cc2cccnc2)C[C@H]2CCCN(C3CCCCC3)C2)n[nH]1. The van der Waals surface area contributed by atoms with Gasteiger partial charge in [0.2, 0.25) is 0 Å². The van der Waals surface area contributed by atoms with Gasteiger partial charge < -0.3 is 9.80 Å². The van der Waals surface area contributed by atoms with Gasteiger partial charge in [-0.2, -0.15) is 5.10 Å². The number of nitrogens with one attached hydrogen (secondary N) is 1. The first-order valence-electron chi connectivity index (χ1n) is 12.1. The quantitative estimate of drug-likeness (QED) is 0.706. The normalized spacial score (nSPS) is 20.8. The number of pyridine rings is 1. The average Bonchev–Trinajstić information content (AvgIpc) is 3.30. The molecule has 1 aliphatic carbocycles. The van der Waals surface area contributed by atoms with Crippen LogP contribution in [0.15, 0.2) is 30.6 Å². The van der Waals surface area contributed by atoms with Crippen molar-refractivity contribution in [3.63, 3.8) is 0 Å². The van der Waals surface area contributed by atoms with E-state index in [1.54, 1.807) is 6.20 Å². The van der Waals surface area contributed by atoms with E-state index in [9.17, 15) is 4.79 Å². The van der Waals surface area contributed by atoms with E-state index in [2.05, 4.69) is 33.9 Å². The summed E-state index contributed by atoms with van der Waals surface area (Å²) in [4.78, 5) is 22.4. The Morgan fingerprint density at radius 1 is 1.23 bits per heavy atom. The lowest BCUT2D eigenvalue weighted by Crippen LogP contribution is -2.47. The van der Waals surface area contributed by atoms with Gasteiger partial charge in [-0.3, -0.25) is 14.9 Å². The van der Waals surface area contributed by atoms with Crippen molar-refractivity contribution in [3.05, 3.63) is 47.5 Å². The fourth-order valence-electron chi connectivity index (χ4n) is 5.17. The Hall–Kier alpha value is -2.21. The molecular weight excluding hydrogens is 386 g/mol. The van der Waals surface area contributed by atoms with Crippen LogP contribution in [0.25, 0.3) is 0 Å². The van der Waals surface area contributed by atoms with Gasteiger partial charge in [-0.15, -0.1) is 0 Å². The fourth-order valence-corrected chi connectivity index (χ4v) is 5.17. The number of carbonyl (C=O) groups is 1. The Kier molecular flexibility index (Phi) is 7.38. The van der Waals surface area contributed by atoms with Crippen molar-refractivity contribution in [2.75, 3.05) is 19.6 Å². The number of rotatable bonds is 7. The molecule has 2 aliphatic rings. The first kappa shape index (κ1) is 22.0. The van der Waals surface area contributed by atoms with Gasteiger partial charge in [-0.05, 0) is 61.8 Å². The Labute approximate surface area is 186 Å². The number of likely N-dealkylation sites (tertiary alicyclic amines) is 1. The molecule has 0 aromatic carbocycles. The van der Waals surface area contributed by atoms with Gasteiger partial charge in [-0.1, -0.05) is 39.2 Å². The van der Waals surface area contributed by atoms with Crippen LogP contribution in [0, 0.1) is 5.92 Å². The lowest BCUT2D eigenvalue weighted by molar-refractivity contribution is 0.0579. The molecule has 6 heteroatoms. The number of nitrogens with zero attached hydrogens (tertiary/aromatic N) is 4. The monoisotopic (exact) mass is 423 g/mol. The van der Waals surface area contributed by atoms with E-state index in [1.165, 1.54) is 51.5 Å². The first-order chi connectivity index (χ1) is 15.1. The third-order valence-corrected chi connectivity index (χ3v) is 6.94. The molecule has 0 radical (unpaired) electrons. The second kappa shape index (κ2) is 10.4. The van der Waals surface area contributed by atoms with Crippen molar-refractivity contribution < 1.29 is 4.79 Å². The van der Waals surface area contributed by atoms with Crippen LogP contribution >= 0.6 is 0 Å². The molecule has 31 heavy (non-hydrogen) atoms. The average molecular weight is 424 g/mol. The Morgan fingerprint density at radius 3 is 2.77 bits per heavy atom. The number of hydrogen-bond donors (Lipinski definition) is 1. The number of amides is 1. The van der Waals surface area contributed by atoms with Crippen LogP contribution in [0.3, 0.4) is 0 Å². The molecule has 4 rings (SSSR count). The largest absolute Gasteiger partial charge is 0.333 e. The van der Waals surface area contributed by atoms with E-state index in [0.29, 0.717) is 24.1 Å². The van der Waals surface area contributed by atoms with Crippen LogP contribution in [-0.2, 0) is 6.54 Å². The van der Waals surface area contributed by atoms with Crippen molar-refractivity contribution in [2.45, 2.75) is 77.3 Å². The molecule has 3 heterocycles. The molecular formula is C25H37N5O.